The van der Waals surface area contributed by atoms with Crippen LogP contribution in [0.4, 0.5) is 0 Å². The van der Waals surface area contributed by atoms with Gasteiger partial charge in [0, 0.05) is 0 Å². The van der Waals surface area contributed by atoms with E-state index in [1.165, 1.54) is 6.20 Å². The Morgan fingerprint density at radius 3 is 3.08 bits per heavy atom. The van der Waals surface area contributed by atoms with Crippen molar-refractivity contribution in [2.24, 2.45) is 0 Å². The van der Waals surface area contributed by atoms with Gasteiger partial charge >= 0.3 is 5.76 Å². The quantitative estimate of drug-likeness (QED) is 0.530. The van der Waals surface area contributed by atoms with E-state index in [1.54, 1.807) is 6.92 Å². The molecular weight excluding hydrogens is 160 g/mol. The maximum atomic E-state index is 10.6. The van der Waals surface area contributed by atoms with Gasteiger partial charge in [-0.25, -0.2) is 14.8 Å². The lowest BCUT2D eigenvalue weighted by Crippen LogP contribution is -2.06. The van der Waals surface area contributed by atoms with E-state index < -0.39 is 5.76 Å². The summed E-state index contributed by atoms with van der Waals surface area (Å²) in [6, 6.07) is 0. The van der Waals surface area contributed by atoms with Gasteiger partial charge in [0.25, 0.3) is 0 Å². The van der Waals surface area contributed by atoms with E-state index in [-0.39, 0.29) is 5.58 Å². The van der Waals surface area contributed by atoms with Crippen molar-refractivity contribution in [3.8, 4) is 0 Å². The average molecular weight is 164 g/mol. The monoisotopic (exact) mass is 164 g/mol. The van der Waals surface area contributed by atoms with Crippen molar-refractivity contribution in [2.45, 2.75) is 6.92 Å². The Hall–Kier alpha value is -1.85. The highest BCUT2D eigenvalue weighted by Crippen LogP contribution is 2.01. The first kappa shape index (κ1) is 6.84. The largest absolute Gasteiger partial charge is 0.458 e. The van der Waals surface area contributed by atoms with E-state index in [0.717, 1.165) is 0 Å². The summed E-state index contributed by atoms with van der Waals surface area (Å²) < 4.78 is 4.66. The zero-order valence-electron chi connectivity index (χ0n) is 6.18. The van der Waals surface area contributed by atoms with Crippen LogP contribution in [0, 0.1) is 6.92 Å². The van der Waals surface area contributed by atoms with Crippen molar-refractivity contribution in [1.29, 1.82) is 0 Å². The third kappa shape index (κ3) is 1.03. The van der Waals surface area contributed by atoms with Gasteiger partial charge in [0.15, 0.2) is 5.58 Å². The minimum Gasteiger partial charge on any atom is -0.402 e. The number of aromatic nitrogens is 4. The Balaban J connectivity index is 2.87. The van der Waals surface area contributed by atoms with E-state index in [4.69, 9.17) is 0 Å². The van der Waals surface area contributed by atoms with Crippen molar-refractivity contribution in [3.63, 3.8) is 0 Å². The molecule has 2 heterocycles. The number of hydrogen-bond donors (Lipinski definition) is 0. The van der Waals surface area contributed by atoms with Crippen molar-refractivity contribution >= 4 is 11.2 Å². The van der Waals surface area contributed by atoms with Crippen LogP contribution in [-0.2, 0) is 0 Å². The molecule has 2 rings (SSSR count). The molecule has 0 bridgehead atoms. The molecule has 0 aliphatic carbocycles. The molecule has 60 valence electrons. The highest BCUT2D eigenvalue weighted by molar-refractivity contribution is 5.63. The maximum Gasteiger partial charge on any atom is 0.458 e. The first-order valence-corrected chi connectivity index (χ1v) is 3.23. The Morgan fingerprint density at radius 1 is 1.42 bits per heavy atom. The Morgan fingerprint density at radius 2 is 2.25 bits per heavy atom. The molecule has 0 unspecified atom stereocenters. The van der Waals surface area contributed by atoms with Crippen molar-refractivity contribution in [3.05, 3.63) is 22.6 Å². The number of rotatable bonds is 0. The van der Waals surface area contributed by atoms with E-state index in [1.807, 2.05) is 0 Å². The average Bonchev–Trinajstić information content (AvgIpc) is 2.05. The highest BCUT2D eigenvalue weighted by Gasteiger charge is 2.00. The van der Waals surface area contributed by atoms with Crippen LogP contribution in [0.1, 0.15) is 5.82 Å². The molecule has 0 aromatic carbocycles. The predicted octanol–water partition coefficient (Wildman–Crippen LogP) is -0.319. The molecule has 0 saturated heterocycles. The lowest BCUT2D eigenvalue weighted by atomic mass is 10.5. The molecule has 0 fully saturated rings. The topological polar surface area (TPSA) is 81.8 Å². The molecule has 0 radical (unpaired) electrons. The van der Waals surface area contributed by atoms with Gasteiger partial charge in [0.1, 0.15) is 5.82 Å². The third-order valence-electron chi connectivity index (χ3n) is 1.28. The van der Waals surface area contributed by atoms with Crippen LogP contribution in [0.2, 0.25) is 0 Å². The van der Waals surface area contributed by atoms with Crippen LogP contribution < -0.4 is 5.76 Å². The summed E-state index contributed by atoms with van der Waals surface area (Å²) in [5.74, 6) is -0.180. The van der Waals surface area contributed by atoms with Crippen LogP contribution in [-0.4, -0.2) is 20.2 Å². The van der Waals surface area contributed by atoms with Crippen LogP contribution in [0.5, 0.6) is 0 Å². The van der Waals surface area contributed by atoms with E-state index in [0.29, 0.717) is 11.5 Å². The number of fused-ring (bicyclic) bond motifs is 1. The SMILES string of the molecule is Cc1ncc2oc(=O)nnc2n1. The molecule has 12 heavy (non-hydrogen) atoms. The summed E-state index contributed by atoms with van der Waals surface area (Å²) in [6.07, 6.45) is 1.40. The molecule has 0 amide bonds. The predicted molar refractivity (Wildman–Crippen MR) is 38.4 cm³/mol. The minimum atomic E-state index is -0.741. The van der Waals surface area contributed by atoms with Crippen LogP contribution in [0.15, 0.2) is 15.4 Å². The van der Waals surface area contributed by atoms with Crippen LogP contribution in [0.3, 0.4) is 0 Å². The molecule has 0 N–H and O–H groups in total. The fourth-order valence-corrected chi connectivity index (χ4v) is 0.793. The van der Waals surface area contributed by atoms with Gasteiger partial charge in [-0.15, -0.1) is 5.10 Å². The van der Waals surface area contributed by atoms with Crippen molar-refractivity contribution < 1.29 is 4.42 Å². The van der Waals surface area contributed by atoms with E-state index >= 15 is 0 Å². The van der Waals surface area contributed by atoms with Gasteiger partial charge in [-0.05, 0) is 6.92 Å². The third-order valence-corrected chi connectivity index (χ3v) is 1.28. The van der Waals surface area contributed by atoms with E-state index in [9.17, 15) is 4.79 Å². The first-order valence-electron chi connectivity index (χ1n) is 3.23. The maximum absolute atomic E-state index is 10.6. The van der Waals surface area contributed by atoms with Gasteiger partial charge in [-0.1, -0.05) is 5.10 Å². The fourth-order valence-electron chi connectivity index (χ4n) is 0.793. The van der Waals surface area contributed by atoms with E-state index in [2.05, 4.69) is 24.6 Å². The molecule has 0 aliphatic rings. The Kier molecular flexibility index (Phi) is 1.33. The summed E-state index contributed by atoms with van der Waals surface area (Å²) in [7, 11) is 0. The standard InChI is InChI=1S/C6H4N4O2/c1-3-7-2-4-5(8-3)9-10-6(11)12-4/h2H,1H3. The second kappa shape index (κ2) is 2.33. The molecule has 6 nitrogen and oxygen atoms in total. The number of aryl methyl sites for hydroxylation is 1. The van der Waals surface area contributed by atoms with Crippen LogP contribution >= 0.6 is 0 Å². The summed E-state index contributed by atoms with van der Waals surface area (Å²) in [6.45, 7) is 1.71. The molecule has 0 aliphatic heterocycles. The molecule has 0 spiro atoms. The second-order valence-electron chi connectivity index (χ2n) is 2.17. The molecular formula is C6H4N4O2. The smallest absolute Gasteiger partial charge is 0.402 e. The fraction of sp³-hybridized carbons (Fsp3) is 0.167. The molecule has 2 aromatic rings. The molecule has 0 atom stereocenters. The Labute approximate surface area is 66.3 Å². The minimum absolute atomic E-state index is 0.251. The van der Waals surface area contributed by atoms with Gasteiger partial charge in [-0.2, -0.15) is 0 Å². The number of hydrogen-bond acceptors (Lipinski definition) is 6. The van der Waals surface area contributed by atoms with Crippen molar-refractivity contribution in [1.82, 2.24) is 20.2 Å². The molecule has 0 saturated carbocycles. The number of nitrogens with zero attached hydrogens (tertiary/aromatic N) is 4. The van der Waals surface area contributed by atoms with Gasteiger partial charge in [0.2, 0.25) is 5.65 Å². The Bertz CT molecular complexity index is 478. The zero-order chi connectivity index (χ0) is 8.55. The van der Waals surface area contributed by atoms with Crippen molar-refractivity contribution in [2.75, 3.05) is 0 Å². The summed E-state index contributed by atoms with van der Waals surface area (Å²) >= 11 is 0. The summed E-state index contributed by atoms with van der Waals surface area (Å²) in [5, 5.41) is 6.72. The van der Waals surface area contributed by atoms with Gasteiger partial charge < -0.3 is 4.42 Å². The molecule has 2 aromatic heterocycles. The zero-order valence-corrected chi connectivity index (χ0v) is 6.18. The van der Waals surface area contributed by atoms with Gasteiger partial charge in [0.05, 0.1) is 6.20 Å². The summed E-state index contributed by atoms with van der Waals surface area (Å²) in [5.41, 5.74) is 0.544. The summed E-state index contributed by atoms with van der Waals surface area (Å²) in [4.78, 5) is 18.3. The first-order chi connectivity index (χ1) is 5.75. The normalized spacial score (nSPS) is 10.4. The highest BCUT2D eigenvalue weighted by atomic mass is 16.4. The second-order valence-corrected chi connectivity index (χ2v) is 2.17. The van der Waals surface area contributed by atoms with Crippen LogP contribution in [0.25, 0.3) is 11.2 Å². The lowest BCUT2D eigenvalue weighted by molar-refractivity contribution is 0.511. The van der Waals surface area contributed by atoms with Gasteiger partial charge in [-0.3, -0.25) is 0 Å². The lowest BCUT2D eigenvalue weighted by Gasteiger charge is -1.92. The molecule has 6 heteroatoms.